The zero-order chi connectivity index (χ0) is 66.7. The van der Waals surface area contributed by atoms with E-state index in [4.69, 9.17) is 0 Å². The Labute approximate surface area is 567 Å². The Morgan fingerprint density at radius 1 is 0.467 bits per heavy atom. The van der Waals surface area contributed by atoms with Gasteiger partial charge >= 0.3 is 53.3 Å². The number of aliphatic imine (C=N–C) groups is 2. The molecule has 5 aliphatic carbocycles. The Morgan fingerprint density at radius 2 is 0.902 bits per heavy atom. The number of allylic oxidation sites excluding steroid dienone is 10. The summed E-state index contributed by atoms with van der Waals surface area (Å²) in [6, 6.07) is 0. The molecule has 0 aromatic carbocycles. The van der Waals surface area contributed by atoms with Crippen molar-refractivity contribution in [1.29, 1.82) is 0 Å². The fourth-order valence-electron chi connectivity index (χ4n) is 7.89. The predicted octanol–water partition coefficient (Wildman–Crippen LogP) is 15.2. The number of ketones is 1. The number of Topliss-reactive ketones (excluding diaryl/α,β-unsaturated/α-hetero) is 1. The summed E-state index contributed by atoms with van der Waals surface area (Å²) in [5, 5.41) is -0.565. The molecule has 0 saturated carbocycles. The van der Waals surface area contributed by atoms with Crippen LogP contribution >= 0.6 is 11.3 Å². The summed E-state index contributed by atoms with van der Waals surface area (Å²) in [4.78, 5) is 28.7. The molecule has 7 aliphatic rings. The molecule has 0 unspecified atom stereocenters. The van der Waals surface area contributed by atoms with Crippen LogP contribution in [0.25, 0.3) is 16.7 Å². The van der Waals surface area contributed by atoms with Gasteiger partial charge in [0.05, 0.1) is 18.1 Å². The van der Waals surface area contributed by atoms with E-state index in [-0.39, 0.29) is 130 Å². The topological polar surface area (TPSA) is 98.5 Å². The second kappa shape index (κ2) is 28.0. The van der Waals surface area contributed by atoms with Gasteiger partial charge in [-0.25, -0.2) is 72.8 Å². The van der Waals surface area contributed by atoms with Gasteiger partial charge in [0.1, 0.15) is 5.78 Å². The van der Waals surface area contributed by atoms with Crippen molar-refractivity contribution < 1.29 is 241 Å². The number of aromatic nitrogens is 4. The third-order valence-electron chi connectivity index (χ3n) is 12.7. The van der Waals surface area contributed by atoms with E-state index >= 15 is 0 Å². The van der Waals surface area contributed by atoms with Crippen LogP contribution in [-0.4, -0.2) is 139 Å². The molecular formula is C48H29F30Ir5N6O2S-5. The van der Waals surface area contributed by atoms with Gasteiger partial charge in [0.15, 0.2) is 0 Å². The number of thiazole rings is 1. The first-order valence-corrected chi connectivity index (χ1v) is 24.2. The number of alkyl halides is 30. The van der Waals surface area contributed by atoms with Crippen molar-refractivity contribution in [3.05, 3.63) is 93.2 Å². The fourth-order valence-corrected chi connectivity index (χ4v) is 8.69. The first-order valence-electron chi connectivity index (χ1n) is 23.4. The molecule has 3 aromatic heterocycles. The third-order valence-corrected chi connectivity index (χ3v) is 13.6. The van der Waals surface area contributed by atoms with Crippen LogP contribution in [0.1, 0.15) is 65.2 Å². The van der Waals surface area contributed by atoms with E-state index in [1.165, 1.54) is 26.8 Å². The maximum absolute atomic E-state index is 13.6. The molecule has 529 valence electrons. The van der Waals surface area contributed by atoms with Gasteiger partial charge in [-0.15, -0.1) is 34.1 Å². The molecule has 8 nitrogen and oxygen atoms in total. The minimum Gasteiger partial charge on any atom is -0.529 e. The van der Waals surface area contributed by atoms with Crippen molar-refractivity contribution in [3.63, 3.8) is 0 Å². The van der Waals surface area contributed by atoms with Crippen molar-refractivity contribution in [2.24, 2.45) is 17.0 Å². The Balaban J connectivity index is 0.000000571. The van der Waals surface area contributed by atoms with Crippen LogP contribution in [0.5, 0.6) is 0 Å². The summed E-state index contributed by atoms with van der Waals surface area (Å²) >= 11 is 0.631. The van der Waals surface area contributed by atoms with E-state index in [0.29, 0.717) is 60.7 Å². The largest absolute Gasteiger partial charge is 0.529 e. The Morgan fingerprint density at radius 3 is 1.25 bits per heavy atom. The van der Waals surface area contributed by atoms with Crippen LogP contribution in [-0.2, 0) is 112 Å². The quantitative estimate of drug-likeness (QED) is 0.187. The summed E-state index contributed by atoms with van der Waals surface area (Å²) in [6.07, 6.45) is 7.91. The average Bonchev–Trinajstić information content (AvgIpc) is 1.45. The van der Waals surface area contributed by atoms with Crippen LogP contribution in [0.4, 0.5) is 132 Å². The van der Waals surface area contributed by atoms with E-state index in [0.717, 1.165) is 36.3 Å². The molecule has 10 rings (SSSR count). The van der Waals surface area contributed by atoms with Gasteiger partial charge in [-0.3, -0.25) is 0 Å². The number of oxazole rings is 1. The molecule has 0 N–H and O–H groups in total. The van der Waals surface area contributed by atoms with E-state index < -0.39 is 146 Å². The van der Waals surface area contributed by atoms with Gasteiger partial charge in [0.25, 0.3) is 23.7 Å². The molecule has 0 saturated heterocycles. The standard InChI is InChI=1S/C11H7F8N2.C10H4F8NO.C9H4F6NS.C9H6F4NO.C9H8F4N.5Ir/c1-5-4-20-7(21(5)2)6-3-8(12,13)10(16,17)11(18,19)9(6,14)15;1-4-3-19-6(20-4)5-2-7(11,12)9(15,16)10(17,18)8(5,13)14;1-4-3-16-6(17-4)5-2-7(10,11)9(14,15)8(5,12)13;10-8(11)4-5(6-2-1-3-14-6)7(15)9(8,12)13;10-8(11)4-6(9(12,13)5-8)7-2-1-3-14-7;;;;;/h4H,1-2H3;3H,1H3;3H,1H3;1-3H2;1-3,5H2;;;;;/q5*-1;;;;;. The molecule has 0 amide bonds. The van der Waals surface area contributed by atoms with E-state index in [9.17, 15) is 137 Å². The normalized spacial score (nSPS) is 25.0. The summed E-state index contributed by atoms with van der Waals surface area (Å²) < 4.78 is 396. The minimum atomic E-state index is -6.33. The molecule has 0 atom stereocenters. The number of hydrogen-bond donors (Lipinski definition) is 0. The summed E-state index contributed by atoms with van der Waals surface area (Å²) in [7, 11) is 1.09. The SMILES string of the molecule is Cc1cnc(C2=[C-]C(F)(F)C(F)(F)C(F)(F)C2(F)F)n1C.Cc1cnc(C2=[C-]C(F)(F)C(F)(F)C(F)(F)C2(F)F)o1.Cc1cnc(C2=[C-]C(F)(F)C(F)(F)C2(F)F)s1.FC1(F)[C-]=C(C2=NCCC2)C(F)(F)C1.O=C1C(C2=NCCC2)=[C-]C(F)(F)C1(F)F.[Ir].[Ir].[Ir].[Ir].[Ir]. The Hall–Kier alpha value is -3.09. The molecule has 44 heteroatoms. The monoisotopic (exact) mass is 2290 g/mol. The molecule has 0 spiro atoms. The summed E-state index contributed by atoms with van der Waals surface area (Å²) in [6.45, 7) is 4.82. The molecular weight excluding hydrogens is 2260 g/mol. The van der Waals surface area contributed by atoms with Crippen LogP contribution in [0, 0.1) is 51.2 Å². The Bertz CT molecular complexity index is 3420. The van der Waals surface area contributed by atoms with Gasteiger partial charge in [0.2, 0.25) is 11.8 Å². The van der Waals surface area contributed by atoms with Crippen LogP contribution in [0.15, 0.2) is 44.1 Å². The van der Waals surface area contributed by atoms with Gasteiger partial charge in [0, 0.05) is 143 Å². The minimum absolute atomic E-state index is 0. The van der Waals surface area contributed by atoms with Crippen molar-refractivity contribution in [2.45, 2.75) is 142 Å². The number of halogens is 30. The van der Waals surface area contributed by atoms with Crippen molar-refractivity contribution >= 4 is 45.3 Å². The predicted molar refractivity (Wildman–Crippen MR) is 236 cm³/mol. The number of nitrogens with zero attached hydrogens (tertiary/aromatic N) is 6. The smallest absolute Gasteiger partial charge is 0.378 e. The molecule has 2 aliphatic heterocycles. The number of carbonyl (C=O) groups is 1. The second-order valence-electron chi connectivity index (χ2n) is 19.1. The van der Waals surface area contributed by atoms with Crippen molar-refractivity contribution in [3.8, 4) is 0 Å². The maximum atomic E-state index is 13.6. The summed E-state index contributed by atoms with van der Waals surface area (Å²) in [5.74, 6) is -83.4. The molecule has 0 bridgehead atoms. The molecule has 92 heavy (non-hydrogen) atoms. The van der Waals surface area contributed by atoms with E-state index in [1.54, 1.807) is 6.08 Å². The first kappa shape index (κ1) is 86.9. The van der Waals surface area contributed by atoms with Crippen molar-refractivity contribution in [2.75, 3.05) is 13.1 Å². The van der Waals surface area contributed by atoms with Gasteiger partial charge in [-0.1, -0.05) is 24.1 Å². The van der Waals surface area contributed by atoms with Gasteiger partial charge < -0.3 is 38.7 Å². The fraction of sp³-hybridized carbons (Fsp3) is 0.542. The number of imidazole rings is 1. The zero-order valence-corrected chi connectivity index (χ0v) is 57.4. The Kier molecular flexibility index (Phi) is 26.5. The van der Waals surface area contributed by atoms with Crippen LogP contribution in [0.3, 0.4) is 0 Å². The van der Waals surface area contributed by atoms with Gasteiger partial charge in [-0.2, -0.15) is 94.6 Å². The van der Waals surface area contributed by atoms with E-state index in [1.807, 2.05) is 0 Å². The average molecular weight is 2280 g/mol. The van der Waals surface area contributed by atoms with Crippen LogP contribution < -0.4 is 0 Å². The first-order chi connectivity index (χ1) is 39.0. The molecule has 5 heterocycles. The molecule has 5 radical (unpaired) electrons. The number of carbonyl (C=O) groups excluding carboxylic acids is 1. The van der Waals surface area contributed by atoms with Crippen LogP contribution in [0.2, 0.25) is 0 Å². The number of aryl methyl sites for hydroxylation is 3. The summed E-state index contributed by atoms with van der Waals surface area (Å²) in [5.41, 5.74) is -6.90. The van der Waals surface area contributed by atoms with Gasteiger partial charge in [-0.05, 0) is 51.5 Å². The zero-order valence-electron chi connectivity index (χ0n) is 44.6. The third kappa shape index (κ3) is 14.8. The maximum Gasteiger partial charge on any atom is 0.378 e. The molecule has 3 aromatic rings. The number of hydrogen-bond acceptors (Lipinski definition) is 8. The molecule has 0 fully saturated rings. The second-order valence-corrected chi connectivity index (χ2v) is 20.3. The number of rotatable bonds is 5. The van der Waals surface area contributed by atoms with Crippen molar-refractivity contribution in [1.82, 2.24) is 19.5 Å². The van der Waals surface area contributed by atoms with E-state index in [2.05, 4.69) is 29.4 Å².